The van der Waals surface area contributed by atoms with E-state index >= 15 is 0 Å². The zero-order valence-corrected chi connectivity index (χ0v) is 14.5. The molecule has 25 heavy (non-hydrogen) atoms. The fraction of sp³-hybridized carbons (Fsp3) is 0.300. The van der Waals surface area contributed by atoms with E-state index < -0.39 is 0 Å². The summed E-state index contributed by atoms with van der Waals surface area (Å²) in [5.41, 5.74) is 1.72. The van der Waals surface area contributed by atoms with Gasteiger partial charge in [-0.05, 0) is 31.2 Å². The smallest absolute Gasteiger partial charge is 0.298 e. The largest absolute Gasteiger partial charge is 0.495 e. The van der Waals surface area contributed by atoms with Crippen molar-refractivity contribution in [2.75, 3.05) is 38.2 Å². The van der Waals surface area contributed by atoms with Gasteiger partial charge in [0.05, 0.1) is 12.7 Å². The second-order valence-electron chi connectivity index (χ2n) is 5.87. The normalized spacial score (nSPS) is 13.8. The van der Waals surface area contributed by atoms with Crippen molar-refractivity contribution in [1.82, 2.24) is 9.88 Å². The van der Waals surface area contributed by atoms with Gasteiger partial charge >= 0.3 is 0 Å². The van der Waals surface area contributed by atoms with E-state index in [1.165, 1.54) is 0 Å². The van der Waals surface area contributed by atoms with Gasteiger partial charge in [-0.15, -0.1) is 0 Å². The molecule has 0 bridgehead atoms. The predicted octanol–water partition coefficient (Wildman–Crippen LogP) is 2.10. The first-order valence-corrected chi connectivity index (χ1v) is 8.30. The van der Waals surface area contributed by atoms with Gasteiger partial charge in [0.25, 0.3) is 5.91 Å². The number of aryl methyl sites for hydroxylation is 1. The van der Waals surface area contributed by atoms with E-state index in [2.05, 4.69) is 21.7 Å². The van der Waals surface area contributed by atoms with E-state index in [0.29, 0.717) is 18.8 Å². The highest BCUT2D eigenvalue weighted by Crippen LogP contribution is 2.16. The molecule has 1 aliphatic rings. The lowest BCUT2D eigenvalue weighted by atomic mass is 10.2. The Balaban J connectivity index is 1.62. The lowest BCUT2D eigenvalue weighted by molar-refractivity contribution is -0.125. The number of hydrogen-bond donors (Lipinski definition) is 0. The second kappa shape index (κ2) is 7.71. The van der Waals surface area contributed by atoms with Gasteiger partial charge in [0, 0.05) is 37.8 Å². The number of carbonyl (C=O) groups excluding carboxylic acids is 1. The Morgan fingerprint density at radius 1 is 1.08 bits per heavy atom. The van der Waals surface area contributed by atoms with Crippen LogP contribution in [0.25, 0.3) is 0 Å². The van der Waals surface area contributed by atoms with E-state index in [1.54, 1.807) is 12.0 Å². The van der Waals surface area contributed by atoms with Crippen LogP contribution in [0.4, 0.5) is 5.82 Å². The number of hydrogen-bond acceptors (Lipinski definition) is 4. The predicted molar refractivity (Wildman–Crippen MR) is 97.6 cm³/mol. The third-order valence-corrected chi connectivity index (χ3v) is 4.18. The molecule has 1 saturated heterocycles. The highest BCUT2D eigenvalue weighted by Gasteiger charge is 2.20. The summed E-state index contributed by atoms with van der Waals surface area (Å²) >= 11 is 0. The van der Waals surface area contributed by atoms with Crippen molar-refractivity contribution in [3.8, 4) is 17.6 Å². The van der Waals surface area contributed by atoms with Gasteiger partial charge in [-0.1, -0.05) is 24.1 Å². The number of para-hydroxylation sites is 1. The number of rotatable bonds is 2. The van der Waals surface area contributed by atoms with Crippen LogP contribution in [-0.2, 0) is 4.79 Å². The van der Waals surface area contributed by atoms with Gasteiger partial charge in [0.2, 0.25) is 0 Å². The number of ether oxygens (including phenoxy) is 1. The maximum Gasteiger partial charge on any atom is 0.298 e. The summed E-state index contributed by atoms with van der Waals surface area (Å²) in [5, 5.41) is 0. The lowest BCUT2D eigenvalue weighted by Gasteiger charge is -2.34. The summed E-state index contributed by atoms with van der Waals surface area (Å²) < 4.78 is 5.25. The number of pyridine rings is 1. The van der Waals surface area contributed by atoms with E-state index in [0.717, 1.165) is 30.2 Å². The number of amides is 1. The van der Waals surface area contributed by atoms with Gasteiger partial charge in [0.1, 0.15) is 11.6 Å². The third kappa shape index (κ3) is 4.10. The Bertz CT molecular complexity index is 815. The van der Waals surface area contributed by atoms with Crippen molar-refractivity contribution in [2.45, 2.75) is 6.92 Å². The van der Waals surface area contributed by atoms with Crippen molar-refractivity contribution < 1.29 is 9.53 Å². The second-order valence-corrected chi connectivity index (χ2v) is 5.87. The van der Waals surface area contributed by atoms with E-state index in [-0.39, 0.29) is 5.91 Å². The highest BCUT2D eigenvalue weighted by atomic mass is 16.5. The SMILES string of the molecule is COc1ccccc1C#CC(=O)N1CCN(c2cccc(C)n2)CC1. The molecule has 5 nitrogen and oxygen atoms in total. The standard InChI is InChI=1S/C20H21N3O2/c1-16-6-5-9-19(21-16)22-12-14-23(15-13-22)20(24)11-10-17-7-3-4-8-18(17)25-2/h3-9H,12-15H2,1-2H3. The molecule has 0 atom stereocenters. The third-order valence-electron chi connectivity index (χ3n) is 4.18. The summed E-state index contributed by atoms with van der Waals surface area (Å²) in [4.78, 5) is 20.9. The topological polar surface area (TPSA) is 45.7 Å². The summed E-state index contributed by atoms with van der Waals surface area (Å²) in [6, 6.07) is 13.4. The van der Waals surface area contributed by atoms with Gasteiger partial charge in [0.15, 0.2) is 0 Å². The maximum absolute atomic E-state index is 12.3. The van der Waals surface area contributed by atoms with Crippen LogP contribution in [0.1, 0.15) is 11.3 Å². The van der Waals surface area contributed by atoms with Crippen molar-refractivity contribution in [2.24, 2.45) is 0 Å². The summed E-state index contributed by atoms with van der Waals surface area (Å²) in [6.07, 6.45) is 0. The van der Waals surface area contributed by atoms with Crippen LogP contribution in [0.3, 0.4) is 0 Å². The highest BCUT2D eigenvalue weighted by molar-refractivity contribution is 5.94. The Morgan fingerprint density at radius 2 is 1.84 bits per heavy atom. The molecule has 1 fully saturated rings. The molecule has 2 heterocycles. The van der Waals surface area contributed by atoms with Gasteiger partial charge in [-0.3, -0.25) is 4.79 Å². The average Bonchev–Trinajstić information content (AvgIpc) is 2.66. The number of methoxy groups -OCH3 is 1. The van der Waals surface area contributed by atoms with Crippen LogP contribution in [-0.4, -0.2) is 49.1 Å². The van der Waals surface area contributed by atoms with Crippen LogP contribution in [0.15, 0.2) is 42.5 Å². The van der Waals surface area contributed by atoms with Crippen LogP contribution in [0.2, 0.25) is 0 Å². The molecule has 0 spiro atoms. The fourth-order valence-electron chi connectivity index (χ4n) is 2.79. The van der Waals surface area contributed by atoms with Crippen molar-refractivity contribution in [3.63, 3.8) is 0 Å². The molecule has 0 unspecified atom stereocenters. The molecular formula is C20H21N3O2. The minimum Gasteiger partial charge on any atom is -0.495 e. The lowest BCUT2D eigenvalue weighted by Crippen LogP contribution is -2.48. The molecule has 0 aliphatic carbocycles. The Labute approximate surface area is 148 Å². The summed E-state index contributed by atoms with van der Waals surface area (Å²) in [5.74, 6) is 7.14. The minimum atomic E-state index is -0.150. The quantitative estimate of drug-likeness (QED) is 0.789. The molecule has 3 rings (SSSR count). The molecule has 0 saturated carbocycles. The van der Waals surface area contributed by atoms with Gasteiger partial charge in [-0.25, -0.2) is 4.98 Å². The molecule has 0 radical (unpaired) electrons. The Hall–Kier alpha value is -3.00. The number of nitrogens with zero attached hydrogens (tertiary/aromatic N) is 3. The molecular weight excluding hydrogens is 314 g/mol. The minimum absolute atomic E-state index is 0.150. The van der Waals surface area contributed by atoms with E-state index in [1.807, 2.05) is 49.4 Å². The first-order valence-electron chi connectivity index (χ1n) is 8.30. The van der Waals surface area contributed by atoms with Crippen molar-refractivity contribution >= 4 is 11.7 Å². The Kier molecular flexibility index (Phi) is 5.20. The Morgan fingerprint density at radius 3 is 2.56 bits per heavy atom. The van der Waals surface area contributed by atoms with Crippen LogP contribution in [0.5, 0.6) is 5.75 Å². The van der Waals surface area contributed by atoms with Crippen LogP contribution in [0, 0.1) is 18.8 Å². The molecule has 0 N–H and O–H groups in total. The van der Waals surface area contributed by atoms with Gasteiger partial charge in [-0.2, -0.15) is 0 Å². The number of anilines is 1. The number of aromatic nitrogens is 1. The number of piperazine rings is 1. The van der Waals surface area contributed by atoms with E-state index in [9.17, 15) is 4.79 Å². The zero-order chi connectivity index (χ0) is 17.6. The van der Waals surface area contributed by atoms with E-state index in [4.69, 9.17) is 4.74 Å². The maximum atomic E-state index is 12.3. The monoisotopic (exact) mass is 335 g/mol. The molecule has 128 valence electrons. The summed E-state index contributed by atoms with van der Waals surface area (Å²) in [6.45, 7) is 4.80. The molecule has 1 aliphatic heterocycles. The fourth-order valence-corrected chi connectivity index (χ4v) is 2.79. The molecule has 1 aromatic carbocycles. The van der Waals surface area contributed by atoms with Crippen molar-refractivity contribution in [3.05, 3.63) is 53.7 Å². The van der Waals surface area contributed by atoms with Crippen LogP contribution < -0.4 is 9.64 Å². The molecule has 1 amide bonds. The average molecular weight is 335 g/mol. The number of carbonyl (C=O) groups is 1. The molecule has 5 heteroatoms. The number of benzene rings is 1. The molecule has 1 aromatic heterocycles. The van der Waals surface area contributed by atoms with Crippen molar-refractivity contribution in [1.29, 1.82) is 0 Å². The molecule has 2 aromatic rings. The zero-order valence-electron chi connectivity index (χ0n) is 14.5. The first-order chi connectivity index (χ1) is 12.2. The summed E-state index contributed by atoms with van der Waals surface area (Å²) in [7, 11) is 1.60. The van der Waals surface area contributed by atoms with Crippen LogP contribution >= 0.6 is 0 Å². The first kappa shape index (κ1) is 16.8. The van der Waals surface area contributed by atoms with Gasteiger partial charge < -0.3 is 14.5 Å².